The summed E-state index contributed by atoms with van der Waals surface area (Å²) in [7, 11) is 0. The molecule has 104 valence electrons. The fourth-order valence-electron chi connectivity index (χ4n) is 2.64. The van der Waals surface area contributed by atoms with E-state index in [2.05, 4.69) is 56.2 Å². The van der Waals surface area contributed by atoms with E-state index in [1.54, 1.807) is 0 Å². The molecule has 1 heterocycles. The van der Waals surface area contributed by atoms with Crippen molar-refractivity contribution in [2.45, 2.75) is 45.8 Å². The molecular formula is C16H24N2S. The van der Waals surface area contributed by atoms with Gasteiger partial charge in [-0.1, -0.05) is 56.7 Å². The van der Waals surface area contributed by atoms with Gasteiger partial charge in [-0.15, -0.1) is 0 Å². The van der Waals surface area contributed by atoms with Crippen LogP contribution in [0.5, 0.6) is 0 Å². The van der Waals surface area contributed by atoms with Gasteiger partial charge >= 0.3 is 0 Å². The van der Waals surface area contributed by atoms with Gasteiger partial charge < -0.3 is 5.32 Å². The fraction of sp³-hybridized carbons (Fsp3) is 0.562. The van der Waals surface area contributed by atoms with Crippen LogP contribution < -0.4 is 5.32 Å². The minimum atomic E-state index is 0.654. The van der Waals surface area contributed by atoms with Crippen LogP contribution in [-0.4, -0.2) is 17.0 Å². The Morgan fingerprint density at radius 1 is 1.26 bits per heavy atom. The Morgan fingerprint density at radius 3 is 2.47 bits per heavy atom. The molecule has 0 spiro atoms. The van der Waals surface area contributed by atoms with Gasteiger partial charge in [-0.05, 0) is 30.9 Å². The molecule has 1 aromatic carbocycles. The van der Waals surface area contributed by atoms with Gasteiger partial charge in [0.1, 0.15) is 0 Å². The van der Waals surface area contributed by atoms with Gasteiger partial charge in [0.2, 0.25) is 0 Å². The third-order valence-corrected chi connectivity index (χ3v) is 5.26. The molecule has 2 nitrogen and oxygen atoms in total. The van der Waals surface area contributed by atoms with Gasteiger partial charge in [-0.25, -0.2) is 0 Å². The van der Waals surface area contributed by atoms with Crippen LogP contribution in [0.3, 0.4) is 0 Å². The fourth-order valence-corrected chi connectivity index (χ4v) is 3.96. The lowest BCUT2D eigenvalue weighted by Gasteiger charge is -2.19. The smallest absolute Gasteiger partial charge is 0.161 e. The van der Waals surface area contributed by atoms with E-state index in [1.807, 2.05) is 11.8 Å². The maximum atomic E-state index is 4.68. The van der Waals surface area contributed by atoms with E-state index in [0.29, 0.717) is 5.25 Å². The molecule has 1 N–H and O–H groups in total. The van der Waals surface area contributed by atoms with E-state index in [0.717, 1.165) is 17.6 Å². The summed E-state index contributed by atoms with van der Waals surface area (Å²) in [6.45, 7) is 9.82. The highest BCUT2D eigenvalue weighted by Crippen LogP contribution is 2.32. The van der Waals surface area contributed by atoms with Crippen LogP contribution in [0.2, 0.25) is 0 Å². The summed E-state index contributed by atoms with van der Waals surface area (Å²) in [5.74, 6) is 0.783. The molecule has 0 amide bonds. The molecule has 0 saturated heterocycles. The van der Waals surface area contributed by atoms with E-state index in [1.165, 1.54) is 29.7 Å². The maximum Gasteiger partial charge on any atom is 0.161 e. The molecule has 0 saturated carbocycles. The number of rotatable bonds is 4. The topological polar surface area (TPSA) is 24.4 Å². The van der Waals surface area contributed by atoms with E-state index in [-0.39, 0.29) is 0 Å². The van der Waals surface area contributed by atoms with Gasteiger partial charge in [-0.2, -0.15) is 0 Å². The van der Waals surface area contributed by atoms with Crippen LogP contribution in [-0.2, 0) is 0 Å². The molecule has 1 aliphatic rings. The molecule has 2 rings (SSSR count). The molecule has 0 bridgehead atoms. The van der Waals surface area contributed by atoms with E-state index in [9.17, 15) is 0 Å². The summed E-state index contributed by atoms with van der Waals surface area (Å²) in [6.07, 6.45) is 2.50. The second kappa shape index (κ2) is 6.47. The van der Waals surface area contributed by atoms with Gasteiger partial charge in [0.15, 0.2) is 5.17 Å². The number of aliphatic imine (C=N–C) groups is 1. The maximum absolute atomic E-state index is 4.68. The lowest BCUT2D eigenvalue weighted by molar-refractivity contribution is 0.479. The van der Waals surface area contributed by atoms with Crippen molar-refractivity contribution in [2.75, 3.05) is 11.9 Å². The Kier molecular flexibility index (Phi) is 4.92. The minimum absolute atomic E-state index is 0.654. The summed E-state index contributed by atoms with van der Waals surface area (Å²) in [6, 6.07) is 6.40. The Bertz CT molecular complexity index is 444. The number of nitrogens with one attached hydrogen (secondary N) is 1. The molecule has 0 fully saturated rings. The quantitative estimate of drug-likeness (QED) is 0.867. The van der Waals surface area contributed by atoms with Crippen LogP contribution in [0.4, 0.5) is 5.69 Å². The lowest BCUT2D eigenvalue weighted by atomic mass is 9.99. The molecule has 0 aliphatic carbocycles. The van der Waals surface area contributed by atoms with Crippen molar-refractivity contribution in [1.29, 1.82) is 0 Å². The first-order chi connectivity index (χ1) is 9.15. The van der Waals surface area contributed by atoms with Crippen molar-refractivity contribution in [1.82, 2.24) is 0 Å². The first-order valence-electron chi connectivity index (χ1n) is 7.20. The summed E-state index contributed by atoms with van der Waals surface area (Å²) in [5.41, 5.74) is 3.79. The summed E-state index contributed by atoms with van der Waals surface area (Å²) >= 11 is 1.92. The minimum Gasteiger partial charge on any atom is -0.335 e. The Labute approximate surface area is 121 Å². The Morgan fingerprint density at radius 2 is 1.89 bits per heavy atom. The number of benzene rings is 1. The number of nitrogens with zero attached hydrogens (tertiary/aromatic N) is 1. The van der Waals surface area contributed by atoms with Gasteiger partial charge in [0.25, 0.3) is 0 Å². The lowest BCUT2D eigenvalue weighted by Crippen LogP contribution is -2.17. The predicted molar refractivity (Wildman–Crippen MR) is 87.3 cm³/mol. The monoisotopic (exact) mass is 276 g/mol. The highest BCUT2D eigenvalue weighted by atomic mass is 32.2. The summed E-state index contributed by atoms with van der Waals surface area (Å²) in [5, 5.41) is 5.27. The summed E-state index contributed by atoms with van der Waals surface area (Å²) in [4.78, 5) is 4.68. The molecule has 0 aromatic heterocycles. The largest absolute Gasteiger partial charge is 0.335 e. The normalized spacial score (nSPS) is 18.8. The average Bonchev–Trinajstić information content (AvgIpc) is 2.84. The highest BCUT2D eigenvalue weighted by Gasteiger charge is 2.26. The second-order valence-corrected chi connectivity index (χ2v) is 6.50. The third-order valence-electron chi connectivity index (χ3n) is 3.97. The zero-order valence-electron chi connectivity index (χ0n) is 12.4. The van der Waals surface area contributed by atoms with E-state index < -0.39 is 0 Å². The van der Waals surface area contributed by atoms with Crippen molar-refractivity contribution in [3.05, 3.63) is 29.3 Å². The molecule has 0 radical (unpaired) electrons. The first kappa shape index (κ1) is 14.4. The van der Waals surface area contributed by atoms with Crippen molar-refractivity contribution in [3.8, 4) is 0 Å². The highest BCUT2D eigenvalue weighted by molar-refractivity contribution is 8.15. The van der Waals surface area contributed by atoms with Crippen molar-refractivity contribution < 1.29 is 0 Å². The van der Waals surface area contributed by atoms with Crippen LogP contribution in [0, 0.1) is 19.8 Å². The SMILES string of the molecule is CCC(CC)C1CN=C(Nc2c(C)cccc2C)S1. The number of anilines is 1. The van der Waals surface area contributed by atoms with Crippen LogP contribution in [0.15, 0.2) is 23.2 Å². The van der Waals surface area contributed by atoms with Gasteiger partial charge in [0.05, 0.1) is 6.54 Å². The number of aryl methyl sites for hydroxylation is 2. The van der Waals surface area contributed by atoms with Crippen molar-refractivity contribution in [3.63, 3.8) is 0 Å². The number of hydrogen-bond acceptors (Lipinski definition) is 3. The molecular weight excluding hydrogens is 252 g/mol. The van der Waals surface area contributed by atoms with E-state index >= 15 is 0 Å². The molecule has 1 unspecified atom stereocenters. The predicted octanol–water partition coefficient (Wildman–Crippen LogP) is 4.62. The molecule has 1 aliphatic heterocycles. The molecule has 1 aromatic rings. The zero-order chi connectivity index (χ0) is 13.8. The number of thioether (sulfide) groups is 1. The van der Waals surface area contributed by atoms with Gasteiger partial charge in [0, 0.05) is 10.9 Å². The van der Waals surface area contributed by atoms with E-state index in [4.69, 9.17) is 0 Å². The van der Waals surface area contributed by atoms with Crippen molar-refractivity contribution in [2.24, 2.45) is 10.9 Å². The zero-order valence-corrected chi connectivity index (χ0v) is 13.2. The van der Waals surface area contributed by atoms with Crippen LogP contribution in [0.1, 0.15) is 37.8 Å². The third kappa shape index (κ3) is 3.33. The van der Waals surface area contributed by atoms with Crippen LogP contribution >= 0.6 is 11.8 Å². The first-order valence-corrected chi connectivity index (χ1v) is 8.08. The molecule has 3 heteroatoms. The second-order valence-electron chi connectivity index (χ2n) is 5.27. The number of hydrogen-bond donors (Lipinski definition) is 1. The Balaban J connectivity index is 2.02. The van der Waals surface area contributed by atoms with Crippen molar-refractivity contribution >= 4 is 22.6 Å². The number of para-hydroxylation sites is 1. The van der Waals surface area contributed by atoms with Gasteiger partial charge in [-0.3, -0.25) is 4.99 Å². The standard InChI is InChI=1S/C16H24N2S/c1-5-13(6-2)14-10-17-16(19-14)18-15-11(3)8-7-9-12(15)4/h7-9,13-14H,5-6,10H2,1-4H3,(H,17,18). The Hall–Kier alpha value is -0.960. The van der Waals surface area contributed by atoms with Crippen LogP contribution in [0.25, 0.3) is 0 Å². The molecule has 19 heavy (non-hydrogen) atoms. The molecule has 1 atom stereocenters. The number of amidine groups is 1. The summed E-state index contributed by atoms with van der Waals surface area (Å²) < 4.78 is 0. The average molecular weight is 276 g/mol.